The number of nitrogens with one attached hydrogen (secondary N) is 1. The lowest BCUT2D eigenvalue weighted by atomic mass is 10.1. The van der Waals surface area contributed by atoms with Crippen LogP contribution in [0.1, 0.15) is 12.1 Å². The minimum atomic E-state index is -4.61. The molecular weight excluding hydrogens is 372 g/mol. The van der Waals surface area contributed by atoms with Gasteiger partial charge in [-0.1, -0.05) is 0 Å². The summed E-state index contributed by atoms with van der Waals surface area (Å²) in [6.07, 6.45) is -2.59. The van der Waals surface area contributed by atoms with Gasteiger partial charge in [0.05, 0.1) is 24.9 Å². The molecule has 2 atom stereocenters. The molecule has 27 heavy (non-hydrogen) atoms. The van der Waals surface area contributed by atoms with Gasteiger partial charge in [-0.2, -0.15) is 18.3 Å². The van der Waals surface area contributed by atoms with Gasteiger partial charge in [0.25, 0.3) is 0 Å². The van der Waals surface area contributed by atoms with Crippen LogP contribution in [0.2, 0.25) is 0 Å². The van der Waals surface area contributed by atoms with Gasteiger partial charge in [-0.15, -0.1) is 5.10 Å². The van der Waals surface area contributed by atoms with Gasteiger partial charge in [-0.3, -0.25) is 0 Å². The number of rotatable bonds is 3. The summed E-state index contributed by atoms with van der Waals surface area (Å²) in [7, 11) is 0. The van der Waals surface area contributed by atoms with E-state index in [4.69, 9.17) is 4.74 Å². The van der Waals surface area contributed by atoms with E-state index in [1.54, 1.807) is 0 Å². The van der Waals surface area contributed by atoms with Crippen molar-refractivity contribution in [2.75, 3.05) is 18.5 Å². The van der Waals surface area contributed by atoms with Crippen LogP contribution in [0.4, 0.5) is 23.5 Å². The van der Waals surface area contributed by atoms with Gasteiger partial charge < -0.3 is 15.2 Å². The molecule has 1 aliphatic rings. The highest BCUT2D eigenvalue weighted by Crippen LogP contribution is 2.28. The third-order valence-electron chi connectivity index (χ3n) is 4.20. The largest absolute Gasteiger partial charge is 0.435 e. The van der Waals surface area contributed by atoms with Gasteiger partial charge in [0.15, 0.2) is 17.3 Å². The summed E-state index contributed by atoms with van der Waals surface area (Å²) < 4.78 is 59.6. The van der Waals surface area contributed by atoms with E-state index in [0.717, 1.165) is 27.5 Å². The second kappa shape index (κ2) is 6.46. The molecule has 0 aliphatic carbocycles. The highest BCUT2D eigenvalue weighted by atomic mass is 19.4. The van der Waals surface area contributed by atoms with E-state index in [9.17, 15) is 22.7 Å². The van der Waals surface area contributed by atoms with Crippen LogP contribution in [0.15, 0.2) is 24.5 Å². The highest BCUT2D eigenvalue weighted by Gasteiger charge is 2.34. The Labute approximate surface area is 149 Å². The summed E-state index contributed by atoms with van der Waals surface area (Å²) in [5, 5.41) is 20.4. The molecule has 1 fully saturated rings. The number of nitrogens with zero attached hydrogens (tertiary/aromatic N) is 5. The van der Waals surface area contributed by atoms with Crippen LogP contribution >= 0.6 is 0 Å². The Morgan fingerprint density at radius 1 is 1.30 bits per heavy atom. The van der Waals surface area contributed by atoms with E-state index in [1.165, 1.54) is 6.20 Å². The number of ether oxygens (including phenoxy) is 1. The fraction of sp³-hybridized carbons (Fsp3) is 0.400. The molecule has 1 aliphatic heterocycles. The standard InChI is InChI=1S/C15H14F4N6O2/c16-8-5-13(24-3-1-12(22-24)15(17,18)19)25-10(8)6-20-14(23-25)21-9-2-4-27-7-11(9)26/h1,3,5-6,9,11,26H,2,4,7H2,(H,21,23)/t9-,11-/m1/s1. The molecule has 1 saturated heterocycles. The Morgan fingerprint density at radius 2 is 2.11 bits per heavy atom. The van der Waals surface area contributed by atoms with E-state index in [0.29, 0.717) is 13.0 Å². The molecule has 12 heteroatoms. The van der Waals surface area contributed by atoms with Crippen molar-refractivity contribution in [3.05, 3.63) is 36.0 Å². The zero-order chi connectivity index (χ0) is 19.2. The minimum absolute atomic E-state index is 0.0176. The summed E-state index contributed by atoms with van der Waals surface area (Å²) >= 11 is 0. The van der Waals surface area contributed by atoms with Crippen molar-refractivity contribution in [3.8, 4) is 5.82 Å². The fourth-order valence-corrected chi connectivity index (χ4v) is 2.83. The number of fused-ring (bicyclic) bond motifs is 1. The van der Waals surface area contributed by atoms with Crippen LogP contribution in [-0.4, -0.2) is 54.8 Å². The van der Waals surface area contributed by atoms with Gasteiger partial charge in [-0.25, -0.2) is 18.6 Å². The number of hydrogen-bond acceptors (Lipinski definition) is 6. The van der Waals surface area contributed by atoms with Crippen LogP contribution in [0, 0.1) is 5.82 Å². The first-order valence-corrected chi connectivity index (χ1v) is 8.03. The maximum atomic E-state index is 14.1. The lowest BCUT2D eigenvalue weighted by Gasteiger charge is -2.28. The lowest BCUT2D eigenvalue weighted by Crippen LogP contribution is -2.42. The number of alkyl halides is 3. The van der Waals surface area contributed by atoms with Gasteiger partial charge in [0.2, 0.25) is 5.95 Å². The van der Waals surface area contributed by atoms with Gasteiger partial charge in [0.1, 0.15) is 5.52 Å². The summed E-state index contributed by atoms with van der Waals surface area (Å²) in [5.74, 6) is -0.629. The van der Waals surface area contributed by atoms with E-state index < -0.39 is 23.8 Å². The summed E-state index contributed by atoms with van der Waals surface area (Å²) in [4.78, 5) is 4.00. The SMILES string of the molecule is O[C@@H]1COCC[C@H]1Nc1ncc2c(F)cc(-n3ccc(C(F)(F)F)n3)n2n1. The first-order valence-electron chi connectivity index (χ1n) is 8.03. The zero-order valence-corrected chi connectivity index (χ0v) is 13.7. The number of hydrogen-bond donors (Lipinski definition) is 2. The van der Waals surface area contributed by atoms with E-state index >= 15 is 0 Å². The molecule has 4 rings (SSSR count). The number of aliphatic hydroxyl groups is 1. The molecule has 3 aromatic heterocycles. The molecular formula is C15H14F4N6O2. The van der Waals surface area contributed by atoms with Gasteiger partial charge in [0, 0.05) is 18.9 Å². The maximum Gasteiger partial charge on any atom is 0.435 e. The predicted molar refractivity (Wildman–Crippen MR) is 83.9 cm³/mol. The number of anilines is 1. The van der Waals surface area contributed by atoms with Crippen molar-refractivity contribution >= 4 is 11.5 Å². The smallest absolute Gasteiger partial charge is 0.389 e. The Kier molecular flexibility index (Phi) is 4.23. The van der Waals surface area contributed by atoms with Crippen molar-refractivity contribution in [1.82, 2.24) is 24.4 Å². The Balaban J connectivity index is 1.70. The first kappa shape index (κ1) is 17.7. The molecule has 144 valence electrons. The molecule has 0 radical (unpaired) electrons. The average Bonchev–Trinajstić information content (AvgIpc) is 3.22. The van der Waals surface area contributed by atoms with Crippen LogP contribution < -0.4 is 5.32 Å². The quantitative estimate of drug-likeness (QED) is 0.666. The van der Waals surface area contributed by atoms with Crippen molar-refractivity contribution < 1.29 is 27.4 Å². The van der Waals surface area contributed by atoms with Crippen molar-refractivity contribution in [2.24, 2.45) is 0 Å². The molecule has 0 unspecified atom stereocenters. The van der Waals surface area contributed by atoms with Crippen molar-refractivity contribution in [3.63, 3.8) is 0 Å². The van der Waals surface area contributed by atoms with Crippen LogP contribution in [0.25, 0.3) is 11.3 Å². The molecule has 4 heterocycles. The van der Waals surface area contributed by atoms with Crippen LogP contribution in [0.5, 0.6) is 0 Å². The van der Waals surface area contributed by atoms with Crippen LogP contribution in [0.3, 0.4) is 0 Å². The third-order valence-corrected chi connectivity index (χ3v) is 4.20. The van der Waals surface area contributed by atoms with Gasteiger partial charge in [-0.05, 0) is 12.5 Å². The Hall–Kier alpha value is -2.73. The summed E-state index contributed by atoms with van der Waals surface area (Å²) in [6, 6.07) is 1.45. The number of aromatic nitrogens is 5. The van der Waals surface area contributed by atoms with E-state index in [1.807, 2.05) is 0 Å². The van der Waals surface area contributed by atoms with E-state index in [2.05, 4.69) is 20.5 Å². The lowest BCUT2D eigenvalue weighted by molar-refractivity contribution is -0.141. The normalized spacial score (nSPS) is 20.9. The minimum Gasteiger partial charge on any atom is -0.389 e. The highest BCUT2D eigenvalue weighted by molar-refractivity contribution is 5.53. The topological polar surface area (TPSA) is 89.5 Å². The Morgan fingerprint density at radius 3 is 2.81 bits per heavy atom. The third kappa shape index (κ3) is 3.32. The monoisotopic (exact) mass is 386 g/mol. The second-order valence-electron chi connectivity index (χ2n) is 6.05. The van der Waals surface area contributed by atoms with Crippen LogP contribution in [-0.2, 0) is 10.9 Å². The number of halogens is 4. The van der Waals surface area contributed by atoms with E-state index in [-0.39, 0.29) is 29.9 Å². The number of aliphatic hydroxyl groups excluding tert-OH is 1. The predicted octanol–water partition coefficient (Wildman–Crippen LogP) is 1.63. The maximum absolute atomic E-state index is 14.1. The molecule has 3 aromatic rings. The average molecular weight is 386 g/mol. The molecule has 8 nitrogen and oxygen atoms in total. The zero-order valence-electron chi connectivity index (χ0n) is 13.7. The molecule has 0 aromatic carbocycles. The summed E-state index contributed by atoms with van der Waals surface area (Å²) in [5.41, 5.74) is -1.12. The first-order chi connectivity index (χ1) is 12.8. The molecule has 2 N–H and O–H groups in total. The molecule has 0 amide bonds. The molecule has 0 saturated carbocycles. The summed E-state index contributed by atoms with van der Waals surface area (Å²) in [6.45, 7) is 0.616. The molecule has 0 bridgehead atoms. The molecule has 0 spiro atoms. The van der Waals surface area contributed by atoms with Crippen molar-refractivity contribution in [1.29, 1.82) is 0 Å². The second-order valence-corrected chi connectivity index (χ2v) is 6.05. The Bertz CT molecular complexity index is 969. The fourth-order valence-electron chi connectivity index (χ4n) is 2.83. The van der Waals surface area contributed by atoms with Gasteiger partial charge >= 0.3 is 6.18 Å². The van der Waals surface area contributed by atoms with Crippen molar-refractivity contribution in [2.45, 2.75) is 24.7 Å².